The Morgan fingerprint density at radius 1 is 1.44 bits per heavy atom. The van der Waals surface area contributed by atoms with Crippen molar-refractivity contribution in [1.29, 1.82) is 0 Å². The number of ether oxygens (including phenoxy) is 3. The Morgan fingerprint density at radius 2 is 2.31 bits per heavy atom. The molecule has 6 nitrogen and oxygen atoms in total. The zero-order valence-corrected chi connectivity index (χ0v) is 9.19. The van der Waals surface area contributed by atoms with Gasteiger partial charge in [-0.15, -0.1) is 0 Å². The highest BCUT2D eigenvalue weighted by Crippen LogP contribution is 2.21. The molecule has 2 aliphatic rings. The quantitative estimate of drug-likeness (QED) is 0.380. The van der Waals surface area contributed by atoms with Crippen LogP contribution in [0.5, 0.6) is 0 Å². The van der Waals surface area contributed by atoms with Crippen molar-refractivity contribution in [3.63, 3.8) is 0 Å². The summed E-state index contributed by atoms with van der Waals surface area (Å²) in [5, 5.41) is 0. The maximum absolute atomic E-state index is 11.2. The van der Waals surface area contributed by atoms with Crippen molar-refractivity contribution < 1.29 is 19.0 Å². The lowest BCUT2D eigenvalue weighted by atomic mass is 10.2. The monoisotopic (exact) mass is 230 g/mol. The third-order valence-electron chi connectivity index (χ3n) is 2.95. The van der Waals surface area contributed by atoms with Crippen LogP contribution in [0.15, 0.2) is 0 Å². The second-order valence-electron chi connectivity index (χ2n) is 4.15. The zero-order valence-electron chi connectivity index (χ0n) is 9.19. The van der Waals surface area contributed by atoms with Crippen LogP contribution in [0.1, 0.15) is 19.3 Å². The number of carbonyl (C=O) groups is 1. The molecule has 2 aliphatic heterocycles. The largest absolute Gasteiger partial charge is 0.379 e. The molecule has 2 heterocycles. The molecule has 0 bridgehead atoms. The van der Waals surface area contributed by atoms with Gasteiger partial charge in [0.15, 0.2) is 0 Å². The van der Waals surface area contributed by atoms with E-state index < -0.39 is 6.10 Å². The van der Waals surface area contributed by atoms with Gasteiger partial charge < -0.3 is 14.2 Å². The van der Waals surface area contributed by atoms with E-state index in [0.717, 1.165) is 19.4 Å². The number of hydrogen-bond donors (Lipinski definition) is 2. The SMILES string of the molecule is NNC(=O)C1CCC(COC2CCOC2)O1. The number of hydrogen-bond acceptors (Lipinski definition) is 5. The Bertz CT molecular complexity index is 243. The minimum Gasteiger partial charge on any atom is -0.379 e. The number of carbonyl (C=O) groups excluding carboxylic acids is 1. The molecular formula is C10H18N2O4. The maximum atomic E-state index is 11.2. The Balaban J connectivity index is 1.66. The smallest absolute Gasteiger partial charge is 0.263 e. The summed E-state index contributed by atoms with van der Waals surface area (Å²) in [5.74, 6) is 4.79. The first-order valence-corrected chi connectivity index (χ1v) is 5.65. The molecule has 2 saturated heterocycles. The minimum absolute atomic E-state index is 0.00269. The van der Waals surface area contributed by atoms with Gasteiger partial charge in [0.25, 0.3) is 5.91 Å². The summed E-state index contributed by atoms with van der Waals surface area (Å²) in [6.45, 7) is 1.97. The predicted molar refractivity (Wildman–Crippen MR) is 55.4 cm³/mol. The van der Waals surface area contributed by atoms with Crippen molar-refractivity contribution in [2.24, 2.45) is 5.84 Å². The van der Waals surface area contributed by atoms with Crippen LogP contribution in [-0.2, 0) is 19.0 Å². The molecule has 3 atom stereocenters. The average molecular weight is 230 g/mol. The molecule has 0 radical (unpaired) electrons. The molecule has 6 heteroatoms. The lowest BCUT2D eigenvalue weighted by Crippen LogP contribution is -2.39. The number of nitrogens with one attached hydrogen (secondary N) is 1. The fourth-order valence-corrected chi connectivity index (χ4v) is 2.00. The van der Waals surface area contributed by atoms with Crippen LogP contribution in [0.2, 0.25) is 0 Å². The van der Waals surface area contributed by atoms with E-state index in [1.54, 1.807) is 0 Å². The van der Waals surface area contributed by atoms with Crippen molar-refractivity contribution in [3.8, 4) is 0 Å². The lowest BCUT2D eigenvalue weighted by molar-refractivity contribution is -0.134. The van der Waals surface area contributed by atoms with E-state index in [4.69, 9.17) is 20.1 Å². The van der Waals surface area contributed by atoms with E-state index in [1.165, 1.54) is 0 Å². The van der Waals surface area contributed by atoms with Crippen molar-refractivity contribution in [3.05, 3.63) is 0 Å². The summed E-state index contributed by atoms with van der Waals surface area (Å²) >= 11 is 0. The van der Waals surface area contributed by atoms with E-state index in [-0.39, 0.29) is 18.1 Å². The summed E-state index contributed by atoms with van der Waals surface area (Å²) < 4.78 is 16.4. The highest BCUT2D eigenvalue weighted by molar-refractivity contribution is 5.80. The fourth-order valence-electron chi connectivity index (χ4n) is 2.00. The number of rotatable bonds is 4. The van der Waals surface area contributed by atoms with Gasteiger partial charge in [-0.25, -0.2) is 5.84 Å². The predicted octanol–water partition coefficient (Wildman–Crippen LogP) is -0.671. The van der Waals surface area contributed by atoms with Gasteiger partial charge in [0.1, 0.15) is 6.10 Å². The number of amides is 1. The molecule has 92 valence electrons. The second-order valence-corrected chi connectivity index (χ2v) is 4.15. The first-order valence-electron chi connectivity index (χ1n) is 5.65. The second kappa shape index (κ2) is 5.58. The molecule has 0 spiro atoms. The molecule has 2 fully saturated rings. The molecule has 3 unspecified atom stereocenters. The van der Waals surface area contributed by atoms with Crippen molar-refractivity contribution in [2.75, 3.05) is 19.8 Å². The molecule has 2 rings (SSSR count). The van der Waals surface area contributed by atoms with E-state index in [9.17, 15) is 4.79 Å². The molecule has 0 aliphatic carbocycles. The first kappa shape index (κ1) is 11.8. The molecule has 1 amide bonds. The topological polar surface area (TPSA) is 82.8 Å². The van der Waals surface area contributed by atoms with Crippen LogP contribution in [0.3, 0.4) is 0 Å². The summed E-state index contributed by atoms with van der Waals surface area (Å²) in [6.07, 6.45) is 2.26. The van der Waals surface area contributed by atoms with Crippen molar-refractivity contribution >= 4 is 5.91 Å². The summed E-state index contributed by atoms with van der Waals surface area (Å²) in [5.41, 5.74) is 2.10. The molecular weight excluding hydrogens is 212 g/mol. The van der Waals surface area contributed by atoms with Crippen LogP contribution >= 0.6 is 0 Å². The molecule has 0 saturated carbocycles. The standard InChI is InChI=1S/C10H18N2O4/c11-12-10(13)9-2-1-8(16-9)6-15-7-3-4-14-5-7/h7-9H,1-6,11H2,(H,12,13). The Kier molecular flexibility index (Phi) is 4.11. The summed E-state index contributed by atoms with van der Waals surface area (Å²) in [7, 11) is 0. The highest BCUT2D eigenvalue weighted by Gasteiger charge is 2.31. The summed E-state index contributed by atoms with van der Waals surface area (Å²) in [4.78, 5) is 11.2. The maximum Gasteiger partial charge on any atom is 0.263 e. The van der Waals surface area contributed by atoms with Gasteiger partial charge >= 0.3 is 0 Å². The van der Waals surface area contributed by atoms with E-state index in [1.807, 2.05) is 0 Å². The first-order chi connectivity index (χ1) is 7.79. The molecule has 3 N–H and O–H groups in total. The van der Waals surface area contributed by atoms with Crippen LogP contribution in [0, 0.1) is 0 Å². The third kappa shape index (κ3) is 2.91. The van der Waals surface area contributed by atoms with Crippen LogP contribution < -0.4 is 11.3 Å². The van der Waals surface area contributed by atoms with E-state index in [0.29, 0.717) is 19.6 Å². The summed E-state index contributed by atoms with van der Waals surface area (Å²) in [6, 6.07) is 0. The normalized spacial score (nSPS) is 34.2. The number of nitrogens with two attached hydrogens (primary N) is 1. The molecule has 0 aromatic rings. The van der Waals surface area contributed by atoms with Gasteiger partial charge in [-0.05, 0) is 19.3 Å². The van der Waals surface area contributed by atoms with Gasteiger partial charge in [0.05, 0.1) is 25.4 Å². The van der Waals surface area contributed by atoms with Gasteiger partial charge in [-0.3, -0.25) is 10.2 Å². The van der Waals surface area contributed by atoms with Crippen molar-refractivity contribution in [1.82, 2.24) is 5.43 Å². The van der Waals surface area contributed by atoms with Gasteiger partial charge in [-0.2, -0.15) is 0 Å². The Morgan fingerprint density at radius 3 is 3.00 bits per heavy atom. The highest BCUT2D eigenvalue weighted by atomic mass is 16.6. The minimum atomic E-state index is -0.418. The zero-order chi connectivity index (χ0) is 11.4. The average Bonchev–Trinajstić information content (AvgIpc) is 2.96. The van der Waals surface area contributed by atoms with Crippen LogP contribution in [0.4, 0.5) is 0 Å². The molecule has 0 aromatic heterocycles. The Labute approximate surface area is 94.4 Å². The molecule has 0 aromatic carbocycles. The van der Waals surface area contributed by atoms with E-state index in [2.05, 4.69) is 5.43 Å². The van der Waals surface area contributed by atoms with Gasteiger partial charge in [0.2, 0.25) is 0 Å². The fraction of sp³-hybridized carbons (Fsp3) is 0.900. The Hall–Kier alpha value is -0.690. The van der Waals surface area contributed by atoms with Crippen molar-refractivity contribution in [2.45, 2.75) is 37.6 Å². The lowest BCUT2D eigenvalue weighted by Gasteiger charge is -2.15. The third-order valence-corrected chi connectivity index (χ3v) is 2.95. The van der Waals surface area contributed by atoms with Gasteiger partial charge in [-0.1, -0.05) is 0 Å². The molecule has 16 heavy (non-hydrogen) atoms. The van der Waals surface area contributed by atoms with E-state index >= 15 is 0 Å². The van der Waals surface area contributed by atoms with Gasteiger partial charge in [0, 0.05) is 6.61 Å². The van der Waals surface area contributed by atoms with Crippen LogP contribution in [-0.4, -0.2) is 44.0 Å². The van der Waals surface area contributed by atoms with Crippen LogP contribution in [0.25, 0.3) is 0 Å². The number of hydrazine groups is 1.